The van der Waals surface area contributed by atoms with Crippen LogP contribution in [0.5, 0.6) is 0 Å². The molecule has 0 saturated carbocycles. The lowest BCUT2D eigenvalue weighted by atomic mass is 9.78. The first-order chi connectivity index (χ1) is 11.4. The molecule has 2 aromatic carbocycles. The van der Waals surface area contributed by atoms with Crippen molar-refractivity contribution in [3.8, 4) is 0 Å². The summed E-state index contributed by atoms with van der Waals surface area (Å²) in [5.41, 5.74) is 2.97. The molecule has 1 heteroatoms. The molecule has 1 N–H and O–H groups in total. The molecule has 1 aliphatic heterocycles. The summed E-state index contributed by atoms with van der Waals surface area (Å²) in [4.78, 5) is 0. The molecule has 2 atom stereocenters. The minimum Gasteiger partial charge on any atom is -0.317 e. The summed E-state index contributed by atoms with van der Waals surface area (Å²) >= 11 is 0. The molecule has 1 fully saturated rings. The maximum Gasteiger partial charge on any atom is -0.00429 e. The predicted octanol–water partition coefficient (Wildman–Crippen LogP) is 5.99. The third-order valence-electron chi connectivity index (χ3n) is 4.21. The van der Waals surface area contributed by atoms with Gasteiger partial charge in [-0.25, -0.2) is 0 Å². The van der Waals surface area contributed by atoms with Gasteiger partial charge in [-0.2, -0.15) is 0 Å². The molecule has 0 radical (unpaired) electrons. The van der Waals surface area contributed by atoms with Gasteiger partial charge in [-0.15, -0.1) is 0 Å². The van der Waals surface area contributed by atoms with Crippen LogP contribution in [0, 0.1) is 0 Å². The fraction of sp³-hybridized carbons (Fsp3) is 0.455. The van der Waals surface area contributed by atoms with Gasteiger partial charge in [0.15, 0.2) is 0 Å². The molecule has 23 heavy (non-hydrogen) atoms. The number of rotatable bonds is 2. The predicted molar refractivity (Wildman–Crippen MR) is 103 cm³/mol. The Bertz CT molecular complexity index is 444. The van der Waals surface area contributed by atoms with Crippen LogP contribution in [0.4, 0.5) is 0 Å². The second kappa shape index (κ2) is 11.9. The molecular weight excluding hydrogens is 278 g/mol. The van der Waals surface area contributed by atoms with Crippen molar-refractivity contribution in [3.05, 3.63) is 71.8 Å². The molecule has 1 heterocycles. The molecule has 1 nitrogen and oxygen atoms in total. The van der Waals surface area contributed by atoms with Crippen LogP contribution in [0.25, 0.3) is 0 Å². The van der Waals surface area contributed by atoms with Gasteiger partial charge < -0.3 is 5.32 Å². The minimum atomic E-state index is 0.638. The van der Waals surface area contributed by atoms with E-state index in [4.69, 9.17) is 0 Å². The Morgan fingerprint density at radius 3 is 1.30 bits per heavy atom. The van der Waals surface area contributed by atoms with Gasteiger partial charge in [0, 0.05) is 0 Å². The van der Waals surface area contributed by atoms with Crippen LogP contribution < -0.4 is 5.32 Å². The highest BCUT2D eigenvalue weighted by molar-refractivity contribution is 5.29. The third kappa shape index (κ3) is 5.84. The molecule has 1 saturated heterocycles. The van der Waals surface area contributed by atoms with Crippen LogP contribution in [-0.4, -0.2) is 13.1 Å². The second-order valence-electron chi connectivity index (χ2n) is 5.36. The number of hydrogen-bond donors (Lipinski definition) is 1. The normalized spacial score (nSPS) is 20.2. The Morgan fingerprint density at radius 1 is 0.609 bits per heavy atom. The van der Waals surface area contributed by atoms with Crippen molar-refractivity contribution >= 4 is 0 Å². The summed E-state index contributed by atoms with van der Waals surface area (Å²) < 4.78 is 0. The van der Waals surface area contributed by atoms with Crippen molar-refractivity contribution in [1.29, 1.82) is 0 Å². The molecule has 0 aliphatic carbocycles. The smallest absolute Gasteiger partial charge is 0.00429 e. The molecule has 0 aromatic heterocycles. The van der Waals surface area contributed by atoms with Crippen LogP contribution in [0.1, 0.15) is 63.5 Å². The maximum atomic E-state index is 3.55. The lowest BCUT2D eigenvalue weighted by Gasteiger charge is -2.25. The van der Waals surface area contributed by atoms with E-state index in [-0.39, 0.29) is 0 Å². The zero-order chi connectivity index (χ0) is 16.9. The van der Waals surface area contributed by atoms with Gasteiger partial charge in [0.05, 0.1) is 0 Å². The number of benzene rings is 2. The summed E-state index contributed by atoms with van der Waals surface area (Å²) in [5.74, 6) is 1.28. The van der Waals surface area contributed by atoms with Gasteiger partial charge >= 0.3 is 0 Å². The average Bonchev–Trinajstić information content (AvgIpc) is 2.92. The van der Waals surface area contributed by atoms with Crippen LogP contribution >= 0.6 is 0 Å². The Kier molecular flexibility index (Phi) is 10.1. The Morgan fingerprint density at radius 2 is 0.957 bits per heavy atom. The Balaban J connectivity index is 0.000000615. The van der Waals surface area contributed by atoms with Crippen LogP contribution in [0.2, 0.25) is 0 Å². The van der Waals surface area contributed by atoms with E-state index in [0.29, 0.717) is 11.8 Å². The third-order valence-corrected chi connectivity index (χ3v) is 4.21. The molecule has 0 spiro atoms. The first-order valence-electron chi connectivity index (χ1n) is 9.26. The van der Waals surface area contributed by atoms with Gasteiger partial charge in [-0.05, 0) is 48.9 Å². The molecule has 2 unspecified atom stereocenters. The zero-order valence-electron chi connectivity index (χ0n) is 15.3. The molecule has 0 amide bonds. The largest absolute Gasteiger partial charge is 0.317 e. The molecular formula is C22H33N. The summed E-state index contributed by atoms with van der Waals surface area (Å²) in [5, 5.41) is 3.55. The molecule has 2 aromatic rings. The minimum absolute atomic E-state index is 0.638. The van der Waals surface area contributed by atoms with E-state index in [1.165, 1.54) is 24.0 Å². The lowest BCUT2D eigenvalue weighted by Crippen LogP contribution is -2.13. The quantitative estimate of drug-likeness (QED) is 0.718. The van der Waals surface area contributed by atoms with Gasteiger partial charge in [-0.1, -0.05) is 88.4 Å². The number of nitrogens with one attached hydrogen (secondary N) is 1. The van der Waals surface area contributed by atoms with E-state index in [9.17, 15) is 0 Å². The van der Waals surface area contributed by atoms with Gasteiger partial charge in [-0.3, -0.25) is 0 Å². The van der Waals surface area contributed by atoms with E-state index >= 15 is 0 Å². The summed E-state index contributed by atoms with van der Waals surface area (Å²) in [6, 6.07) is 22.0. The fourth-order valence-corrected chi connectivity index (χ4v) is 3.24. The number of hydrogen-bond acceptors (Lipinski definition) is 1. The summed E-state index contributed by atoms with van der Waals surface area (Å²) in [6.07, 6.45) is 2.45. The van der Waals surface area contributed by atoms with Crippen LogP contribution in [-0.2, 0) is 0 Å². The molecule has 126 valence electrons. The first kappa shape index (κ1) is 19.4. The second-order valence-corrected chi connectivity index (χ2v) is 5.36. The molecule has 0 bridgehead atoms. The van der Waals surface area contributed by atoms with Crippen LogP contribution in [0.3, 0.4) is 0 Å². The van der Waals surface area contributed by atoms with E-state index < -0.39 is 0 Å². The highest BCUT2D eigenvalue weighted by atomic mass is 14.9. The van der Waals surface area contributed by atoms with Crippen molar-refractivity contribution in [2.45, 2.75) is 52.4 Å². The van der Waals surface area contributed by atoms with Gasteiger partial charge in [0.25, 0.3) is 0 Å². The molecule has 1 aliphatic rings. The summed E-state index contributed by atoms with van der Waals surface area (Å²) in [6.45, 7) is 10.3. The lowest BCUT2D eigenvalue weighted by molar-refractivity contribution is 0.524. The van der Waals surface area contributed by atoms with Crippen molar-refractivity contribution in [2.75, 3.05) is 13.1 Å². The SMILES string of the molecule is CC.CC.c1ccc(C2CCNCCC2c2ccccc2)cc1. The van der Waals surface area contributed by atoms with Crippen molar-refractivity contribution < 1.29 is 0 Å². The Hall–Kier alpha value is -1.60. The van der Waals surface area contributed by atoms with E-state index in [1.807, 2.05) is 27.7 Å². The van der Waals surface area contributed by atoms with Gasteiger partial charge in [0.2, 0.25) is 0 Å². The standard InChI is InChI=1S/C18H21N.2C2H6/c1-3-7-15(8-4-1)17-11-13-19-14-12-18(17)16-9-5-2-6-10-16;2*1-2/h1-10,17-19H,11-14H2;2*1-2H3. The van der Waals surface area contributed by atoms with Crippen LogP contribution in [0.15, 0.2) is 60.7 Å². The Labute approximate surface area is 143 Å². The summed E-state index contributed by atoms with van der Waals surface area (Å²) in [7, 11) is 0. The monoisotopic (exact) mass is 311 g/mol. The van der Waals surface area contributed by atoms with E-state index in [1.54, 1.807) is 0 Å². The van der Waals surface area contributed by atoms with Crippen molar-refractivity contribution in [3.63, 3.8) is 0 Å². The fourth-order valence-electron chi connectivity index (χ4n) is 3.24. The van der Waals surface area contributed by atoms with Gasteiger partial charge in [0.1, 0.15) is 0 Å². The van der Waals surface area contributed by atoms with Crippen molar-refractivity contribution in [1.82, 2.24) is 5.32 Å². The first-order valence-corrected chi connectivity index (χ1v) is 9.26. The maximum absolute atomic E-state index is 3.55. The van der Waals surface area contributed by atoms with Crippen molar-refractivity contribution in [2.24, 2.45) is 0 Å². The highest BCUT2D eigenvalue weighted by Crippen LogP contribution is 2.38. The molecule has 3 rings (SSSR count). The highest BCUT2D eigenvalue weighted by Gasteiger charge is 2.25. The van der Waals surface area contributed by atoms with E-state index in [0.717, 1.165) is 13.1 Å². The van der Waals surface area contributed by atoms with E-state index in [2.05, 4.69) is 66.0 Å². The average molecular weight is 312 g/mol. The zero-order valence-corrected chi connectivity index (χ0v) is 15.3. The topological polar surface area (TPSA) is 12.0 Å².